The molecule has 1 atom stereocenters. The Bertz CT molecular complexity index is 575. The number of pyridine rings is 1. The highest BCUT2D eigenvalue weighted by Gasteiger charge is 2.18. The van der Waals surface area contributed by atoms with Crippen LogP contribution in [0.5, 0.6) is 0 Å². The first kappa shape index (κ1) is 14.1. The van der Waals surface area contributed by atoms with E-state index in [1.54, 1.807) is 12.4 Å². The Balaban J connectivity index is 2.45. The molecule has 0 fully saturated rings. The van der Waals surface area contributed by atoms with Crippen LogP contribution >= 0.6 is 15.9 Å². The average Bonchev–Trinajstić information content (AvgIpc) is 2.37. The molecular formula is C14H13BrF2N2. The van der Waals surface area contributed by atoms with Crippen LogP contribution < -0.4 is 5.32 Å². The Morgan fingerprint density at radius 2 is 2.05 bits per heavy atom. The fourth-order valence-corrected chi connectivity index (χ4v) is 2.32. The van der Waals surface area contributed by atoms with Gasteiger partial charge in [-0.3, -0.25) is 4.98 Å². The summed E-state index contributed by atoms with van der Waals surface area (Å²) in [7, 11) is 0. The summed E-state index contributed by atoms with van der Waals surface area (Å²) in [6.07, 6.45) is 3.33. The van der Waals surface area contributed by atoms with Gasteiger partial charge in [0.05, 0.1) is 6.04 Å². The first-order chi connectivity index (χ1) is 9.11. The van der Waals surface area contributed by atoms with E-state index in [1.165, 1.54) is 12.1 Å². The molecule has 0 amide bonds. The monoisotopic (exact) mass is 326 g/mol. The number of hydrogen-bond donors (Lipinski definition) is 1. The number of halogens is 3. The zero-order valence-corrected chi connectivity index (χ0v) is 11.9. The fraction of sp³-hybridized carbons (Fsp3) is 0.214. The Morgan fingerprint density at radius 3 is 2.68 bits per heavy atom. The molecule has 0 spiro atoms. The third-order valence-corrected chi connectivity index (χ3v) is 3.17. The number of aromatic nitrogens is 1. The van der Waals surface area contributed by atoms with Crippen molar-refractivity contribution < 1.29 is 8.78 Å². The van der Waals surface area contributed by atoms with Gasteiger partial charge in [0.2, 0.25) is 0 Å². The van der Waals surface area contributed by atoms with Crippen molar-refractivity contribution >= 4 is 15.9 Å². The molecule has 0 aliphatic rings. The molecule has 0 aliphatic heterocycles. The summed E-state index contributed by atoms with van der Waals surface area (Å²) >= 11 is 3.34. The highest BCUT2D eigenvalue weighted by atomic mass is 79.9. The molecule has 1 N–H and O–H groups in total. The molecule has 2 rings (SSSR count). The number of benzene rings is 1. The van der Waals surface area contributed by atoms with Gasteiger partial charge in [0.1, 0.15) is 11.6 Å². The Kier molecular flexibility index (Phi) is 4.61. The van der Waals surface area contributed by atoms with Crippen molar-refractivity contribution in [3.63, 3.8) is 0 Å². The lowest BCUT2D eigenvalue weighted by Gasteiger charge is -2.19. The number of hydrogen-bond acceptors (Lipinski definition) is 2. The molecule has 0 saturated carbocycles. The summed E-state index contributed by atoms with van der Waals surface area (Å²) in [6.45, 7) is 2.59. The van der Waals surface area contributed by atoms with Crippen LogP contribution in [0.15, 0.2) is 41.1 Å². The van der Waals surface area contributed by atoms with E-state index in [2.05, 4.69) is 26.2 Å². The van der Waals surface area contributed by atoms with Crippen molar-refractivity contribution in [3.05, 3.63) is 63.9 Å². The van der Waals surface area contributed by atoms with Gasteiger partial charge in [-0.05, 0) is 40.2 Å². The molecule has 0 bridgehead atoms. The van der Waals surface area contributed by atoms with E-state index in [0.29, 0.717) is 12.1 Å². The smallest absolute Gasteiger partial charge is 0.131 e. The molecular weight excluding hydrogens is 314 g/mol. The van der Waals surface area contributed by atoms with Gasteiger partial charge in [0.25, 0.3) is 0 Å². The van der Waals surface area contributed by atoms with Gasteiger partial charge in [0, 0.05) is 28.5 Å². The van der Waals surface area contributed by atoms with Crippen LogP contribution in [0.1, 0.15) is 24.1 Å². The first-order valence-corrected chi connectivity index (χ1v) is 6.70. The van der Waals surface area contributed by atoms with E-state index in [9.17, 15) is 8.78 Å². The van der Waals surface area contributed by atoms with E-state index in [-0.39, 0.29) is 6.04 Å². The maximum absolute atomic E-state index is 13.9. The van der Waals surface area contributed by atoms with E-state index in [4.69, 9.17) is 0 Å². The lowest BCUT2D eigenvalue weighted by Crippen LogP contribution is -2.23. The van der Waals surface area contributed by atoms with Crippen molar-refractivity contribution in [1.82, 2.24) is 10.3 Å². The van der Waals surface area contributed by atoms with Crippen molar-refractivity contribution in [2.45, 2.75) is 13.0 Å². The standard InChI is InChI=1S/C14H13BrF2N2/c1-2-19-14(9-5-10(15)8-18-7-9)12-4-3-11(16)6-13(12)17/h3-8,14,19H,2H2,1H3. The molecule has 1 aromatic carbocycles. The van der Waals surface area contributed by atoms with Crippen molar-refractivity contribution in [2.24, 2.45) is 0 Å². The Labute approximate surface area is 119 Å². The zero-order valence-electron chi connectivity index (χ0n) is 10.3. The van der Waals surface area contributed by atoms with Crippen LogP contribution in [-0.2, 0) is 0 Å². The highest BCUT2D eigenvalue weighted by molar-refractivity contribution is 9.10. The van der Waals surface area contributed by atoms with Gasteiger partial charge in [-0.1, -0.05) is 13.0 Å². The summed E-state index contributed by atoms with van der Waals surface area (Å²) in [5.41, 5.74) is 1.23. The molecule has 1 unspecified atom stereocenters. The fourth-order valence-electron chi connectivity index (χ4n) is 1.93. The second-order valence-electron chi connectivity index (χ2n) is 4.09. The molecule has 0 saturated heterocycles. The second kappa shape index (κ2) is 6.21. The SMILES string of the molecule is CCNC(c1cncc(Br)c1)c1ccc(F)cc1F. The summed E-state index contributed by atoms with van der Waals surface area (Å²) in [6, 6.07) is 5.12. The molecule has 100 valence electrons. The van der Waals surface area contributed by atoms with Gasteiger partial charge in [-0.25, -0.2) is 8.78 Å². The minimum Gasteiger partial charge on any atom is -0.306 e. The third-order valence-electron chi connectivity index (χ3n) is 2.74. The minimum absolute atomic E-state index is 0.351. The summed E-state index contributed by atoms with van der Waals surface area (Å²) < 4.78 is 27.7. The topological polar surface area (TPSA) is 24.9 Å². The summed E-state index contributed by atoms with van der Waals surface area (Å²) in [4.78, 5) is 4.08. The van der Waals surface area contributed by atoms with Crippen LogP contribution in [0.25, 0.3) is 0 Å². The second-order valence-corrected chi connectivity index (χ2v) is 5.01. The predicted molar refractivity (Wildman–Crippen MR) is 73.8 cm³/mol. The molecule has 1 aromatic heterocycles. The largest absolute Gasteiger partial charge is 0.306 e. The third kappa shape index (κ3) is 3.36. The molecule has 2 aromatic rings. The van der Waals surface area contributed by atoms with E-state index in [0.717, 1.165) is 16.1 Å². The molecule has 5 heteroatoms. The maximum atomic E-state index is 13.9. The quantitative estimate of drug-likeness (QED) is 0.923. The Morgan fingerprint density at radius 1 is 1.26 bits per heavy atom. The predicted octanol–water partition coefficient (Wildman–Crippen LogP) is 3.82. The first-order valence-electron chi connectivity index (χ1n) is 5.90. The van der Waals surface area contributed by atoms with Gasteiger partial charge in [0.15, 0.2) is 0 Å². The van der Waals surface area contributed by atoms with Gasteiger partial charge in [-0.2, -0.15) is 0 Å². The maximum Gasteiger partial charge on any atom is 0.131 e. The zero-order chi connectivity index (χ0) is 13.8. The van der Waals surface area contributed by atoms with Crippen LogP contribution in [0.2, 0.25) is 0 Å². The average molecular weight is 327 g/mol. The van der Waals surface area contributed by atoms with Crippen LogP contribution in [0.4, 0.5) is 8.78 Å². The van der Waals surface area contributed by atoms with E-state index in [1.807, 2.05) is 13.0 Å². The highest BCUT2D eigenvalue weighted by Crippen LogP contribution is 2.26. The molecule has 0 radical (unpaired) electrons. The minimum atomic E-state index is -0.580. The van der Waals surface area contributed by atoms with Crippen molar-refractivity contribution in [3.8, 4) is 0 Å². The van der Waals surface area contributed by atoms with Gasteiger partial charge >= 0.3 is 0 Å². The van der Waals surface area contributed by atoms with Crippen LogP contribution in [0.3, 0.4) is 0 Å². The normalized spacial score (nSPS) is 12.4. The summed E-state index contributed by atoms with van der Waals surface area (Å²) in [5.74, 6) is -1.14. The number of nitrogens with zero attached hydrogens (tertiary/aromatic N) is 1. The Hall–Kier alpha value is -1.33. The molecule has 19 heavy (non-hydrogen) atoms. The van der Waals surface area contributed by atoms with E-state index < -0.39 is 11.6 Å². The van der Waals surface area contributed by atoms with Gasteiger partial charge in [-0.15, -0.1) is 0 Å². The molecule has 1 heterocycles. The van der Waals surface area contributed by atoms with Crippen LogP contribution in [-0.4, -0.2) is 11.5 Å². The lowest BCUT2D eigenvalue weighted by molar-refractivity contribution is 0.540. The van der Waals surface area contributed by atoms with Crippen molar-refractivity contribution in [1.29, 1.82) is 0 Å². The summed E-state index contributed by atoms with van der Waals surface area (Å²) in [5, 5.41) is 3.18. The molecule has 2 nitrogen and oxygen atoms in total. The number of nitrogens with one attached hydrogen (secondary N) is 1. The number of rotatable bonds is 4. The lowest BCUT2D eigenvalue weighted by atomic mass is 9.99. The molecule has 0 aliphatic carbocycles. The van der Waals surface area contributed by atoms with E-state index >= 15 is 0 Å². The van der Waals surface area contributed by atoms with Gasteiger partial charge < -0.3 is 5.32 Å². The van der Waals surface area contributed by atoms with Crippen molar-refractivity contribution in [2.75, 3.05) is 6.54 Å². The van der Waals surface area contributed by atoms with Crippen LogP contribution in [0, 0.1) is 11.6 Å².